The molecule has 0 rings (SSSR count). The van der Waals surface area contributed by atoms with Crippen LogP contribution in [0.5, 0.6) is 0 Å². The van der Waals surface area contributed by atoms with Crippen LogP contribution in [-0.2, 0) is 14.3 Å². The SMILES string of the molecule is CCCCCCOC(=O)C(CC)COC. The highest BCUT2D eigenvalue weighted by Crippen LogP contribution is 2.07. The lowest BCUT2D eigenvalue weighted by molar-refractivity contribution is -0.150. The molecule has 3 nitrogen and oxygen atoms in total. The second-order valence-electron chi connectivity index (χ2n) is 3.79. The molecule has 0 fully saturated rings. The highest BCUT2D eigenvalue weighted by atomic mass is 16.5. The normalized spacial score (nSPS) is 12.5. The molecule has 15 heavy (non-hydrogen) atoms. The van der Waals surface area contributed by atoms with Gasteiger partial charge >= 0.3 is 5.97 Å². The lowest BCUT2D eigenvalue weighted by Crippen LogP contribution is -2.21. The van der Waals surface area contributed by atoms with Crippen molar-refractivity contribution in [2.24, 2.45) is 5.92 Å². The van der Waals surface area contributed by atoms with Crippen LogP contribution in [-0.4, -0.2) is 26.3 Å². The van der Waals surface area contributed by atoms with Gasteiger partial charge in [-0.2, -0.15) is 0 Å². The Balaban J connectivity index is 3.53. The van der Waals surface area contributed by atoms with E-state index in [1.165, 1.54) is 12.8 Å². The molecule has 0 aliphatic heterocycles. The number of carbonyl (C=O) groups excluding carboxylic acids is 1. The van der Waals surface area contributed by atoms with E-state index in [0.29, 0.717) is 13.2 Å². The molecule has 0 saturated heterocycles. The number of unbranched alkanes of at least 4 members (excludes halogenated alkanes) is 3. The molecule has 1 atom stereocenters. The minimum absolute atomic E-state index is 0.0961. The summed E-state index contributed by atoms with van der Waals surface area (Å²) in [7, 11) is 1.61. The summed E-state index contributed by atoms with van der Waals surface area (Å²) < 4.78 is 10.1. The first-order chi connectivity index (χ1) is 7.26. The van der Waals surface area contributed by atoms with Gasteiger partial charge in [0.05, 0.1) is 19.1 Å². The van der Waals surface area contributed by atoms with Crippen molar-refractivity contribution in [1.29, 1.82) is 0 Å². The minimum atomic E-state index is -0.115. The Bertz CT molecular complexity index is 157. The zero-order valence-electron chi connectivity index (χ0n) is 10.3. The molecule has 0 aromatic heterocycles. The van der Waals surface area contributed by atoms with E-state index in [0.717, 1.165) is 19.3 Å². The standard InChI is InChI=1S/C12H24O3/c1-4-6-7-8-9-15-12(13)11(5-2)10-14-3/h11H,4-10H2,1-3H3. The van der Waals surface area contributed by atoms with E-state index in [1.807, 2.05) is 6.92 Å². The molecule has 0 aromatic carbocycles. The Hall–Kier alpha value is -0.570. The molecule has 0 aliphatic carbocycles. The molecule has 90 valence electrons. The first-order valence-electron chi connectivity index (χ1n) is 5.91. The molecule has 0 aliphatic rings. The first kappa shape index (κ1) is 14.4. The first-order valence-corrected chi connectivity index (χ1v) is 5.91. The van der Waals surface area contributed by atoms with E-state index in [4.69, 9.17) is 9.47 Å². The number of hydrogen-bond acceptors (Lipinski definition) is 3. The summed E-state index contributed by atoms with van der Waals surface area (Å²) in [6.45, 7) is 5.16. The molecule has 3 heteroatoms. The maximum Gasteiger partial charge on any atom is 0.311 e. The fraction of sp³-hybridized carbons (Fsp3) is 0.917. The highest BCUT2D eigenvalue weighted by Gasteiger charge is 2.17. The zero-order chi connectivity index (χ0) is 11.5. The summed E-state index contributed by atoms with van der Waals surface area (Å²) in [5, 5.41) is 0. The Morgan fingerprint density at radius 1 is 1.20 bits per heavy atom. The van der Waals surface area contributed by atoms with Gasteiger partial charge in [-0.25, -0.2) is 0 Å². The molecule has 0 bridgehead atoms. The lowest BCUT2D eigenvalue weighted by atomic mass is 10.1. The number of esters is 1. The minimum Gasteiger partial charge on any atom is -0.465 e. The summed E-state index contributed by atoms with van der Waals surface area (Å²) in [6.07, 6.45) is 5.32. The summed E-state index contributed by atoms with van der Waals surface area (Å²) in [6, 6.07) is 0. The Morgan fingerprint density at radius 2 is 1.93 bits per heavy atom. The van der Waals surface area contributed by atoms with Crippen molar-refractivity contribution < 1.29 is 14.3 Å². The van der Waals surface area contributed by atoms with E-state index in [9.17, 15) is 4.79 Å². The number of hydrogen-bond donors (Lipinski definition) is 0. The Kier molecular flexibility index (Phi) is 9.59. The number of rotatable bonds is 9. The second-order valence-corrected chi connectivity index (χ2v) is 3.79. The van der Waals surface area contributed by atoms with Gasteiger partial charge in [-0.15, -0.1) is 0 Å². The van der Waals surface area contributed by atoms with E-state index in [2.05, 4.69) is 6.92 Å². The van der Waals surface area contributed by atoms with Crippen molar-refractivity contribution in [3.8, 4) is 0 Å². The van der Waals surface area contributed by atoms with Crippen LogP contribution in [0.25, 0.3) is 0 Å². The predicted molar refractivity (Wildman–Crippen MR) is 60.8 cm³/mol. The molecule has 0 spiro atoms. The van der Waals surface area contributed by atoms with Crippen molar-refractivity contribution in [3.05, 3.63) is 0 Å². The molecule has 0 saturated carbocycles. The molecular weight excluding hydrogens is 192 g/mol. The second kappa shape index (κ2) is 9.97. The third-order valence-corrected chi connectivity index (χ3v) is 2.44. The van der Waals surface area contributed by atoms with Gasteiger partial charge < -0.3 is 9.47 Å². The van der Waals surface area contributed by atoms with Crippen LogP contribution in [0.15, 0.2) is 0 Å². The van der Waals surface area contributed by atoms with Gasteiger partial charge in [0.2, 0.25) is 0 Å². The van der Waals surface area contributed by atoms with E-state index in [-0.39, 0.29) is 11.9 Å². The van der Waals surface area contributed by atoms with Crippen molar-refractivity contribution in [2.75, 3.05) is 20.3 Å². The summed E-state index contributed by atoms with van der Waals surface area (Å²) in [4.78, 5) is 11.5. The van der Waals surface area contributed by atoms with Gasteiger partial charge in [0.1, 0.15) is 0 Å². The fourth-order valence-electron chi connectivity index (χ4n) is 1.37. The smallest absolute Gasteiger partial charge is 0.311 e. The third kappa shape index (κ3) is 7.37. The van der Waals surface area contributed by atoms with Crippen LogP contribution in [0.3, 0.4) is 0 Å². The van der Waals surface area contributed by atoms with Crippen LogP contribution in [0, 0.1) is 5.92 Å². The molecule has 0 amide bonds. The largest absolute Gasteiger partial charge is 0.465 e. The quantitative estimate of drug-likeness (QED) is 0.439. The van der Waals surface area contributed by atoms with Gasteiger partial charge in [-0.1, -0.05) is 33.1 Å². The number of methoxy groups -OCH3 is 1. The van der Waals surface area contributed by atoms with Crippen molar-refractivity contribution >= 4 is 5.97 Å². The van der Waals surface area contributed by atoms with E-state index >= 15 is 0 Å². The summed E-state index contributed by atoms with van der Waals surface area (Å²) in [5.74, 6) is -0.211. The topological polar surface area (TPSA) is 35.5 Å². The van der Waals surface area contributed by atoms with Gasteiger partial charge in [0.15, 0.2) is 0 Å². The van der Waals surface area contributed by atoms with Crippen LogP contribution in [0.1, 0.15) is 46.0 Å². The lowest BCUT2D eigenvalue weighted by Gasteiger charge is -2.12. The van der Waals surface area contributed by atoms with Gasteiger partial charge in [0.25, 0.3) is 0 Å². The van der Waals surface area contributed by atoms with Gasteiger partial charge in [-0.3, -0.25) is 4.79 Å². The molecule has 0 N–H and O–H groups in total. The summed E-state index contributed by atoms with van der Waals surface area (Å²) in [5.41, 5.74) is 0. The molecule has 0 heterocycles. The maximum atomic E-state index is 11.5. The van der Waals surface area contributed by atoms with Crippen LogP contribution >= 0.6 is 0 Å². The fourth-order valence-corrected chi connectivity index (χ4v) is 1.37. The molecule has 0 aromatic rings. The van der Waals surface area contributed by atoms with Crippen molar-refractivity contribution in [2.45, 2.75) is 46.0 Å². The Morgan fingerprint density at radius 3 is 2.47 bits per heavy atom. The number of ether oxygens (including phenoxy) is 2. The molecule has 1 unspecified atom stereocenters. The van der Waals surface area contributed by atoms with E-state index < -0.39 is 0 Å². The Labute approximate surface area is 93.1 Å². The zero-order valence-corrected chi connectivity index (χ0v) is 10.3. The van der Waals surface area contributed by atoms with Crippen molar-refractivity contribution in [1.82, 2.24) is 0 Å². The summed E-state index contributed by atoms with van der Waals surface area (Å²) >= 11 is 0. The van der Waals surface area contributed by atoms with Crippen molar-refractivity contribution in [3.63, 3.8) is 0 Å². The van der Waals surface area contributed by atoms with E-state index in [1.54, 1.807) is 7.11 Å². The average Bonchev–Trinajstić information content (AvgIpc) is 2.25. The monoisotopic (exact) mass is 216 g/mol. The average molecular weight is 216 g/mol. The highest BCUT2D eigenvalue weighted by molar-refractivity contribution is 5.72. The third-order valence-electron chi connectivity index (χ3n) is 2.44. The van der Waals surface area contributed by atoms with Gasteiger partial charge in [-0.05, 0) is 12.8 Å². The molecule has 0 radical (unpaired) electrons. The predicted octanol–water partition coefficient (Wildman–Crippen LogP) is 2.78. The van der Waals surface area contributed by atoms with Gasteiger partial charge in [0, 0.05) is 7.11 Å². The van der Waals surface area contributed by atoms with Crippen LogP contribution < -0.4 is 0 Å². The van der Waals surface area contributed by atoms with Crippen LogP contribution in [0.4, 0.5) is 0 Å². The molecular formula is C12H24O3. The van der Waals surface area contributed by atoms with Crippen LogP contribution in [0.2, 0.25) is 0 Å². The number of carbonyl (C=O) groups is 1. The maximum absolute atomic E-state index is 11.5.